The van der Waals surface area contributed by atoms with Gasteiger partial charge in [-0.3, -0.25) is 19.3 Å². The number of rotatable bonds is 6. The third-order valence-corrected chi connectivity index (χ3v) is 7.14. The van der Waals surface area contributed by atoms with E-state index in [9.17, 15) is 18.8 Å². The fourth-order valence-electron chi connectivity index (χ4n) is 4.43. The van der Waals surface area contributed by atoms with E-state index in [2.05, 4.69) is 5.32 Å². The number of anilines is 1. The summed E-state index contributed by atoms with van der Waals surface area (Å²) in [5.41, 5.74) is 2.58. The molecule has 38 heavy (non-hydrogen) atoms. The van der Waals surface area contributed by atoms with E-state index in [1.807, 2.05) is 35.0 Å². The zero-order valence-corrected chi connectivity index (χ0v) is 20.7. The van der Waals surface area contributed by atoms with Crippen LogP contribution in [0.25, 0.3) is 17.0 Å². The minimum Gasteiger partial charge on any atom is -0.454 e. The lowest BCUT2D eigenvalue weighted by Gasteiger charge is -2.12. The molecule has 0 spiro atoms. The van der Waals surface area contributed by atoms with Crippen molar-refractivity contribution in [1.82, 2.24) is 9.47 Å². The molecular weight excluding hydrogens is 509 g/mol. The molecule has 1 fully saturated rings. The van der Waals surface area contributed by atoms with Crippen LogP contribution >= 0.6 is 11.8 Å². The second-order valence-electron chi connectivity index (χ2n) is 8.70. The molecule has 0 atom stereocenters. The number of amides is 3. The number of aromatic nitrogens is 1. The van der Waals surface area contributed by atoms with Crippen LogP contribution in [0.4, 0.5) is 14.9 Å². The lowest BCUT2D eigenvalue weighted by molar-refractivity contribution is -0.127. The summed E-state index contributed by atoms with van der Waals surface area (Å²) >= 11 is 0.778. The van der Waals surface area contributed by atoms with Gasteiger partial charge >= 0.3 is 0 Å². The fourth-order valence-corrected chi connectivity index (χ4v) is 5.26. The number of para-hydroxylation sites is 1. The summed E-state index contributed by atoms with van der Waals surface area (Å²) in [7, 11) is 0. The molecule has 0 aliphatic carbocycles. The summed E-state index contributed by atoms with van der Waals surface area (Å²) in [5, 5.41) is 3.00. The van der Waals surface area contributed by atoms with Crippen molar-refractivity contribution in [3.05, 3.63) is 94.8 Å². The van der Waals surface area contributed by atoms with Crippen molar-refractivity contribution < 1.29 is 28.2 Å². The van der Waals surface area contributed by atoms with Crippen molar-refractivity contribution in [2.45, 2.75) is 6.54 Å². The quantitative estimate of drug-likeness (QED) is 0.344. The Balaban J connectivity index is 1.21. The number of thioether (sulfide) groups is 1. The van der Waals surface area contributed by atoms with Gasteiger partial charge in [0.1, 0.15) is 12.4 Å². The van der Waals surface area contributed by atoms with Gasteiger partial charge in [-0.1, -0.05) is 36.4 Å². The molecule has 1 N–H and O–H groups in total. The summed E-state index contributed by atoms with van der Waals surface area (Å²) in [6, 6.07) is 19.1. The minimum atomic E-state index is -0.549. The Hall–Kier alpha value is -4.57. The number of carbonyl (C=O) groups excluding carboxylic acids is 3. The number of benzene rings is 3. The van der Waals surface area contributed by atoms with E-state index in [0.717, 1.165) is 27.6 Å². The first-order valence-electron chi connectivity index (χ1n) is 11.7. The maximum atomic E-state index is 14.3. The highest BCUT2D eigenvalue weighted by molar-refractivity contribution is 8.18. The standard InChI is InChI=1S/C28H20FN3O5S/c29-21-7-3-1-5-17(21)13-31-14-18(20-6-2-4-8-22(20)31)11-25-27(34)32(28(35)38-25)15-26(33)30-19-9-10-23-24(12-19)37-16-36-23/h1-12,14H,13,15-16H2,(H,30,33)/b25-11-. The van der Waals surface area contributed by atoms with Crippen molar-refractivity contribution in [2.75, 3.05) is 18.7 Å². The average molecular weight is 530 g/mol. The highest BCUT2D eigenvalue weighted by Crippen LogP contribution is 2.36. The Morgan fingerprint density at radius 3 is 2.68 bits per heavy atom. The van der Waals surface area contributed by atoms with Crippen LogP contribution in [0.2, 0.25) is 0 Å². The first kappa shape index (κ1) is 23.8. The Labute approximate surface area is 220 Å². The van der Waals surface area contributed by atoms with Gasteiger partial charge in [0, 0.05) is 40.0 Å². The zero-order valence-electron chi connectivity index (χ0n) is 19.8. The second kappa shape index (κ2) is 9.71. The van der Waals surface area contributed by atoms with E-state index in [0.29, 0.717) is 34.9 Å². The number of imide groups is 1. The molecule has 2 aliphatic heterocycles. The Morgan fingerprint density at radius 2 is 1.82 bits per heavy atom. The highest BCUT2D eigenvalue weighted by atomic mass is 32.2. The predicted octanol–water partition coefficient (Wildman–Crippen LogP) is 5.23. The van der Waals surface area contributed by atoms with Crippen LogP contribution in [0.5, 0.6) is 11.5 Å². The van der Waals surface area contributed by atoms with E-state index >= 15 is 0 Å². The van der Waals surface area contributed by atoms with E-state index in [1.54, 1.807) is 42.5 Å². The lowest BCUT2D eigenvalue weighted by atomic mass is 10.1. The molecule has 0 saturated carbocycles. The van der Waals surface area contributed by atoms with Crippen molar-refractivity contribution >= 4 is 51.5 Å². The normalized spacial score (nSPS) is 15.6. The molecule has 3 heterocycles. The molecule has 10 heteroatoms. The van der Waals surface area contributed by atoms with Gasteiger partial charge in [0.15, 0.2) is 11.5 Å². The summed E-state index contributed by atoms with van der Waals surface area (Å²) < 4.78 is 26.8. The molecule has 1 aromatic heterocycles. The third kappa shape index (κ3) is 4.50. The third-order valence-electron chi connectivity index (χ3n) is 6.24. The predicted molar refractivity (Wildman–Crippen MR) is 141 cm³/mol. The molecule has 8 nitrogen and oxygen atoms in total. The smallest absolute Gasteiger partial charge is 0.294 e. The number of hydrogen-bond donors (Lipinski definition) is 1. The molecule has 2 aliphatic rings. The van der Waals surface area contributed by atoms with Gasteiger partial charge in [-0.2, -0.15) is 0 Å². The van der Waals surface area contributed by atoms with Crippen LogP contribution in [-0.2, 0) is 16.1 Å². The van der Waals surface area contributed by atoms with Crippen LogP contribution in [0.1, 0.15) is 11.1 Å². The van der Waals surface area contributed by atoms with Crippen LogP contribution in [0.15, 0.2) is 77.8 Å². The van der Waals surface area contributed by atoms with E-state index in [1.165, 1.54) is 6.07 Å². The van der Waals surface area contributed by atoms with Gasteiger partial charge < -0.3 is 19.4 Å². The summed E-state index contributed by atoms with van der Waals surface area (Å²) in [6.45, 7) is -0.00825. The Morgan fingerprint density at radius 1 is 1.03 bits per heavy atom. The zero-order chi connectivity index (χ0) is 26.2. The molecule has 1 saturated heterocycles. The molecule has 3 amide bonds. The molecule has 0 radical (unpaired) electrons. The molecule has 0 bridgehead atoms. The summed E-state index contributed by atoms with van der Waals surface area (Å²) in [5.74, 6) is -0.284. The van der Waals surface area contributed by atoms with Crippen molar-refractivity contribution in [3.63, 3.8) is 0 Å². The van der Waals surface area contributed by atoms with Gasteiger partial charge in [0.2, 0.25) is 12.7 Å². The van der Waals surface area contributed by atoms with Gasteiger partial charge in [-0.25, -0.2) is 4.39 Å². The number of fused-ring (bicyclic) bond motifs is 2. The molecule has 190 valence electrons. The van der Waals surface area contributed by atoms with Gasteiger partial charge in [0.25, 0.3) is 11.1 Å². The molecule has 4 aromatic rings. The number of ether oxygens (including phenoxy) is 2. The number of nitrogens with one attached hydrogen (secondary N) is 1. The van der Waals surface area contributed by atoms with E-state index < -0.39 is 23.6 Å². The first-order valence-corrected chi connectivity index (χ1v) is 12.5. The molecule has 3 aromatic carbocycles. The van der Waals surface area contributed by atoms with Crippen molar-refractivity contribution in [2.24, 2.45) is 0 Å². The van der Waals surface area contributed by atoms with E-state index in [4.69, 9.17) is 9.47 Å². The SMILES string of the molecule is O=C(CN1C(=O)S/C(=C\c2cn(Cc3ccccc3F)c3ccccc23)C1=O)Nc1ccc2c(c1)OCO2. The highest BCUT2D eigenvalue weighted by Gasteiger charge is 2.36. The van der Waals surface area contributed by atoms with Crippen LogP contribution in [0, 0.1) is 5.82 Å². The van der Waals surface area contributed by atoms with Crippen molar-refractivity contribution in [3.8, 4) is 11.5 Å². The number of hydrogen-bond acceptors (Lipinski definition) is 6. The van der Waals surface area contributed by atoms with Crippen LogP contribution in [-0.4, -0.2) is 39.9 Å². The number of carbonyl (C=O) groups is 3. The monoisotopic (exact) mass is 529 g/mol. The molecule has 0 unspecified atom stereocenters. The van der Waals surface area contributed by atoms with Crippen molar-refractivity contribution in [1.29, 1.82) is 0 Å². The van der Waals surface area contributed by atoms with Crippen LogP contribution < -0.4 is 14.8 Å². The Kier molecular flexibility index (Phi) is 6.09. The number of halogens is 1. The Bertz CT molecular complexity index is 1650. The topological polar surface area (TPSA) is 89.9 Å². The van der Waals surface area contributed by atoms with Gasteiger partial charge in [-0.05, 0) is 42.1 Å². The average Bonchev–Trinajstić information content (AvgIpc) is 3.58. The number of nitrogens with zero attached hydrogens (tertiary/aromatic N) is 2. The second-order valence-corrected chi connectivity index (χ2v) is 9.70. The summed E-state index contributed by atoms with van der Waals surface area (Å²) in [6.07, 6.45) is 3.47. The maximum absolute atomic E-state index is 14.3. The van der Waals surface area contributed by atoms with Gasteiger partial charge in [0.05, 0.1) is 11.4 Å². The minimum absolute atomic E-state index is 0.109. The molecular formula is C28H20FN3O5S. The summed E-state index contributed by atoms with van der Waals surface area (Å²) in [4.78, 5) is 39.5. The molecule has 6 rings (SSSR count). The fraction of sp³-hybridized carbons (Fsp3) is 0.107. The maximum Gasteiger partial charge on any atom is 0.294 e. The largest absolute Gasteiger partial charge is 0.454 e. The first-order chi connectivity index (χ1) is 18.5. The van der Waals surface area contributed by atoms with Gasteiger partial charge in [-0.15, -0.1) is 0 Å². The van der Waals surface area contributed by atoms with Crippen LogP contribution in [0.3, 0.4) is 0 Å². The van der Waals surface area contributed by atoms with E-state index in [-0.39, 0.29) is 17.5 Å². The lowest BCUT2D eigenvalue weighted by Crippen LogP contribution is -2.36.